The summed E-state index contributed by atoms with van der Waals surface area (Å²) in [6, 6.07) is 0. The van der Waals surface area contributed by atoms with Crippen molar-refractivity contribution in [1.82, 2.24) is 0 Å². The molecule has 0 aromatic carbocycles. The molecule has 0 amide bonds. The maximum absolute atomic E-state index is 2.46. The molecule has 0 nitrogen and oxygen atoms in total. The molecule has 0 aliphatic carbocycles. The minimum Gasteiger partial charge on any atom is -0.0625 e. The van der Waals surface area contributed by atoms with E-state index in [0.717, 1.165) is 17.8 Å². The minimum absolute atomic E-state index is 0.341. The van der Waals surface area contributed by atoms with Gasteiger partial charge in [-0.25, -0.2) is 0 Å². The third-order valence-corrected chi connectivity index (χ3v) is 5.22. The molecule has 0 aromatic rings. The standard InChI is InChI=1S/C17H36/c1-12(2)13(3)14(15(4,5)6)17(10,11)16(7,8)9/h12-14H,1-11H3. The first-order valence-corrected chi connectivity index (χ1v) is 7.23. The summed E-state index contributed by atoms with van der Waals surface area (Å²) in [4.78, 5) is 0. The summed E-state index contributed by atoms with van der Waals surface area (Å²) in [5, 5.41) is 0. The van der Waals surface area contributed by atoms with Crippen LogP contribution in [0, 0.1) is 34.0 Å². The van der Waals surface area contributed by atoms with Gasteiger partial charge in [0.15, 0.2) is 0 Å². The quantitative estimate of drug-likeness (QED) is 0.566. The molecule has 0 saturated carbocycles. The topological polar surface area (TPSA) is 0 Å². The highest BCUT2D eigenvalue weighted by atomic mass is 14.5. The fourth-order valence-electron chi connectivity index (χ4n) is 3.38. The molecule has 0 aliphatic heterocycles. The van der Waals surface area contributed by atoms with Crippen LogP contribution in [0.2, 0.25) is 0 Å². The number of rotatable bonds is 3. The Bertz CT molecular complexity index is 232. The third-order valence-electron chi connectivity index (χ3n) is 5.22. The lowest BCUT2D eigenvalue weighted by Crippen LogP contribution is -2.47. The Morgan fingerprint density at radius 1 is 0.647 bits per heavy atom. The van der Waals surface area contributed by atoms with Gasteiger partial charge >= 0.3 is 0 Å². The van der Waals surface area contributed by atoms with E-state index in [0.29, 0.717) is 16.2 Å². The van der Waals surface area contributed by atoms with Gasteiger partial charge in [0.1, 0.15) is 0 Å². The zero-order valence-corrected chi connectivity index (χ0v) is 14.2. The second kappa shape index (κ2) is 4.94. The zero-order valence-electron chi connectivity index (χ0n) is 14.2. The molecule has 0 aliphatic rings. The predicted molar refractivity (Wildman–Crippen MR) is 80.2 cm³/mol. The zero-order chi connectivity index (χ0) is 14.2. The molecule has 0 aromatic heterocycles. The molecule has 0 heterocycles. The van der Waals surface area contributed by atoms with Crippen LogP contribution < -0.4 is 0 Å². The Balaban J connectivity index is 5.51. The normalized spacial score (nSPS) is 18.4. The van der Waals surface area contributed by atoms with E-state index in [1.807, 2.05) is 0 Å². The van der Waals surface area contributed by atoms with Gasteiger partial charge in [0, 0.05) is 0 Å². The first kappa shape index (κ1) is 17.0. The average molecular weight is 240 g/mol. The van der Waals surface area contributed by atoms with Crippen molar-refractivity contribution in [3.05, 3.63) is 0 Å². The molecule has 0 spiro atoms. The second-order valence-corrected chi connectivity index (χ2v) is 8.92. The SMILES string of the molecule is CC(C)C(C)C(C(C)(C)C)C(C)(C)C(C)(C)C. The molecule has 0 N–H and O–H groups in total. The molecule has 0 radical (unpaired) electrons. The van der Waals surface area contributed by atoms with E-state index in [4.69, 9.17) is 0 Å². The Hall–Kier alpha value is 0. The molecular weight excluding hydrogens is 204 g/mol. The van der Waals surface area contributed by atoms with Crippen molar-refractivity contribution in [3.8, 4) is 0 Å². The van der Waals surface area contributed by atoms with Gasteiger partial charge < -0.3 is 0 Å². The summed E-state index contributed by atoms with van der Waals surface area (Å²) in [7, 11) is 0. The van der Waals surface area contributed by atoms with Gasteiger partial charge in [-0.1, -0.05) is 76.2 Å². The fraction of sp³-hybridized carbons (Fsp3) is 1.00. The van der Waals surface area contributed by atoms with Crippen molar-refractivity contribution in [3.63, 3.8) is 0 Å². The molecule has 17 heavy (non-hydrogen) atoms. The number of hydrogen-bond donors (Lipinski definition) is 0. The summed E-state index contributed by atoms with van der Waals surface area (Å²) >= 11 is 0. The van der Waals surface area contributed by atoms with Crippen molar-refractivity contribution < 1.29 is 0 Å². The van der Waals surface area contributed by atoms with E-state index in [1.54, 1.807) is 0 Å². The van der Waals surface area contributed by atoms with E-state index < -0.39 is 0 Å². The Morgan fingerprint density at radius 3 is 1.18 bits per heavy atom. The molecular formula is C17H36. The molecule has 0 fully saturated rings. The van der Waals surface area contributed by atoms with E-state index in [-0.39, 0.29) is 0 Å². The molecule has 2 unspecified atom stereocenters. The highest BCUT2D eigenvalue weighted by Crippen LogP contribution is 2.54. The Morgan fingerprint density at radius 2 is 1.00 bits per heavy atom. The van der Waals surface area contributed by atoms with Crippen molar-refractivity contribution >= 4 is 0 Å². The summed E-state index contributed by atoms with van der Waals surface area (Å²) in [5.41, 5.74) is 1.05. The number of hydrogen-bond acceptors (Lipinski definition) is 0. The van der Waals surface area contributed by atoms with Crippen LogP contribution in [0.25, 0.3) is 0 Å². The highest BCUT2D eigenvalue weighted by Gasteiger charge is 2.47. The summed E-state index contributed by atoms with van der Waals surface area (Å²) in [6.07, 6.45) is 0. The van der Waals surface area contributed by atoms with Crippen LogP contribution in [0.3, 0.4) is 0 Å². The van der Waals surface area contributed by atoms with E-state index in [9.17, 15) is 0 Å². The minimum atomic E-state index is 0.341. The maximum Gasteiger partial charge on any atom is -0.0270 e. The van der Waals surface area contributed by atoms with Gasteiger partial charge in [0.2, 0.25) is 0 Å². The molecule has 2 atom stereocenters. The summed E-state index contributed by atoms with van der Waals surface area (Å²) < 4.78 is 0. The van der Waals surface area contributed by atoms with Crippen molar-refractivity contribution in [2.24, 2.45) is 34.0 Å². The first-order valence-electron chi connectivity index (χ1n) is 7.23. The Labute approximate surface area is 111 Å². The molecule has 104 valence electrons. The average Bonchev–Trinajstić information content (AvgIpc) is 1.97. The van der Waals surface area contributed by atoms with Crippen LogP contribution in [-0.2, 0) is 0 Å². The smallest absolute Gasteiger partial charge is 0.0270 e. The first-order chi connectivity index (χ1) is 7.23. The van der Waals surface area contributed by atoms with Crippen molar-refractivity contribution in [1.29, 1.82) is 0 Å². The highest BCUT2D eigenvalue weighted by molar-refractivity contribution is 4.96. The van der Waals surface area contributed by atoms with Gasteiger partial charge in [-0.05, 0) is 34.0 Å². The summed E-state index contributed by atoms with van der Waals surface area (Å²) in [5.74, 6) is 2.24. The van der Waals surface area contributed by atoms with Gasteiger partial charge in [-0.2, -0.15) is 0 Å². The maximum atomic E-state index is 2.46. The van der Waals surface area contributed by atoms with Crippen LogP contribution >= 0.6 is 0 Å². The van der Waals surface area contributed by atoms with Gasteiger partial charge in [-0.3, -0.25) is 0 Å². The second-order valence-electron chi connectivity index (χ2n) is 8.92. The summed E-state index contributed by atoms with van der Waals surface area (Å²) in [6.45, 7) is 26.5. The third kappa shape index (κ3) is 3.73. The lowest BCUT2D eigenvalue weighted by Gasteiger charge is -2.54. The molecule has 0 heteroatoms. The van der Waals surface area contributed by atoms with Crippen molar-refractivity contribution in [2.45, 2.75) is 76.2 Å². The van der Waals surface area contributed by atoms with Crippen LogP contribution in [0.1, 0.15) is 76.2 Å². The van der Waals surface area contributed by atoms with E-state index in [2.05, 4.69) is 76.2 Å². The van der Waals surface area contributed by atoms with Crippen LogP contribution in [-0.4, -0.2) is 0 Å². The van der Waals surface area contributed by atoms with Gasteiger partial charge in [0.25, 0.3) is 0 Å². The lowest BCUT2D eigenvalue weighted by atomic mass is 9.51. The van der Waals surface area contributed by atoms with Crippen LogP contribution in [0.4, 0.5) is 0 Å². The van der Waals surface area contributed by atoms with E-state index >= 15 is 0 Å². The van der Waals surface area contributed by atoms with Gasteiger partial charge in [0.05, 0.1) is 0 Å². The lowest BCUT2D eigenvalue weighted by molar-refractivity contribution is -0.0517. The fourth-order valence-corrected chi connectivity index (χ4v) is 3.38. The molecule has 0 saturated heterocycles. The Kier molecular flexibility index (Phi) is 4.94. The molecule has 0 rings (SSSR count). The molecule has 0 bridgehead atoms. The van der Waals surface area contributed by atoms with E-state index in [1.165, 1.54) is 0 Å². The van der Waals surface area contributed by atoms with Crippen LogP contribution in [0.5, 0.6) is 0 Å². The van der Waals surface area contributed by atoms with Gasteiger partial charge in [-0.15, -0.1) is 0 Å². The predicted octanol–water partition coefficient (Wildman–Crippen LogP) is 6.01. The van der Waals surface area contributed by atoms with Crippen molar-refractivity contribution in [2.75, 3.05) is 0 Å². The monoisotopic (exact) mass is 240 g/mol. The largest absolute Gasteiger partial charge is 0.0625 e. The van der Waals surface area contributed by atoms with Crippen LogP contribution in [0.15, 0.2) is 0 Å².